The van der Waals surface area contributed by atoms with E-state index in [0.717, 1.165) is 22.4 Å². The largest absolute Gasteiger partial charge is 0.349 e. The molecule has 0 spiro atoms. The van der Waals surface area contributed by atoms with Crippen LogP contribution < -0.4 is 5.32 Å². The molecule has 2 heterocycles. The molecule has 2 amide bonds. The average Bonchev–Trinajstić information content (AvgIpc) is 3.19. The van der Waals surface area contributed by atoms with E-state index in [2.05, 4.69) is 5.32 Å². The van der Waals surface area contributed by atoms with Gasteiger partial charge < -0.3 is 10.2 Å². The molecule has 3 rings (SSSR count). The molecule has 1 aliphatic rings. The van der Waals surface area contributed by atoms with Crippen molar-refractivity contribution in [2.75, 3.05) is 0 Å². The number of rotatable bonds is 6. The molecule has 0 saturated carbocycles. The van der Waals surface area contributed by atoms with Crippen LogP contribution in [0.2, 0.25) is 0 Å². The SMILES string of the molecule is CCC[C@H](C(=O)NCc1cccs1)N1Cc2ccccc2C1=O. The molecular weight excluding hydrogens is 308 g/mol. The molecule has 1 atom stereocenters. The fourth-order valence-electron chi connectivity index (χ4n) is 2.94. The van der Waals surface area contributed by atoms with E-state index in [-0.39, 0.29) is 11.8 Å². The van der Waals surface area contributed by atoms with E-state index in [1.807, 2.05) is 48.7 Å². The van der Waals surface area contributed by atoms with Gasteiger partial charge in [-0.2, -0.15) is 0 Å². The number of carbonyl (C=O) groups is 2. The van der Waals surface area contributed by atoms with Gasteiger partial charge in [-0.15, -0.1) is 11.3 Å². The molecule has 0 unspecified atom stereocenters. The van der Waals surface area contributed by atoms with Crippen LogP contribution in [0.3, 0.4) is 0 Å². The molecule has 0 radical (unpaired) electrons. The van der Waals surface area contributed by atoms with Crippen molar-refractivity contribution < 1.29 is 9.59 Å². The molecule has 1 N–H and O–H groups in total. The Labute approximate surface area is 140 Å². The third-order valence-corrected chi connectivity index (χ3v) is 4.98. The second kappa shape index (κ2) is 6.96. The molecule has 1 aromatic carbocycles. The highest BCUT2D eigenvalue weighted by Crippen LogP contribution is 2.26. The fourth-order valence-corrected chi connectivity index (χ4v) is 3.58. The van der Waals surface area contributed by atoms with Crippen LogP contribution in [0.25, 0.3) is 0 Å². The van der Waals surface area contributed by atoms with Crippen molar-refractivity contribution in [2.24, 2.45) is 0 Å². The lowest BCUT2D eigenvalue weighted by molar-refractivity contribution is -0.126. The van der Waals surface area contributed by atoms with Crippen molar-refractivity contribution in [1.82, 2.24) is 10.2 Å². The Balaban J connectivity index is 1.72. The van der Waals surface area contributed by atoms with Gasteiger partial charge in [0.1, 0.15) is 6.04 Å². The van der Waals surface area contributed by atoms with Crippen molar-refractivity contribution in [3.8, 4) is 0 Å². The monoisotopic (exact) mass is 328 g/mol. The van der Waals surface area contributed by atoms with Gasteiger partial charge in [-0.1, -0.05) is 37.6 Å². The molecule has 2 aromatic rings. The van der Waals surface area contributed by atoms with Crippen molar-refractivity contribution in [2.45, 2.75) is 38.9 Å². The lowest BCUT2D eigenvalue weighted by atomic mass is 10.1. The topological polar surface area (TPSA) is 49.4 Å². The average molecular weight is 328 g/mol. The molecule has 0 saturated heterocycles. The number of hydrogen-bond acceptors (Lipinski definition) is 3. The normalized spacial score (nSPS) is 14.7. The quantitative estimate of drug-likeness (QED) is 0.885. The third-order valence-electron chi connectivity index (χ3n) is 4.11. The zero-order chi connectivity index (χ0) is 16.2. The summed E-state index contributed by atoms with van der Waals surface area (Å²) in [5, 5.41) is 4.96. The molecule has 4 nitrogen and oxygen atoms in total. The van der Waals surface area contributed by atoms with E-state index in [1.165, 1.54) is 0 Å². The number of amides is 2. The van der Waals surface area contributed by atoms with E-state index < -0.39 is 6.04 Å². The van der Waals surface area contributed by atoms with Crippen molar-refractivity contribution in [1.29, 1.82) is 0 Å². The predicted octanol–water partition coefficient (Wildman–Crippen LogP) is 3.19. The molecule has 23 heavy (non-hydrogen) atoms. The second-order valence-electron chi connectivity index (χ2n) is 5.69. The minimum Gasteiger partial charge on any atom is -0.349 e. The Kier molecular flexibility index (Phi) is 4.76. The van der Waals surface area contributed by atoms with Gasteiger partial charge in [-0.25, -0.2) is 0 Å². The first-order valence-corrected chi connectivity index (χ1v) is 8.77. The zero-order valence-corrected chi connectivity index (χ0v) is 13.9. The molecule has 0 aliphatic carbocycles. The molecule has 1 aliphatic heterocycles. The molecule has 120 valence electrons. The zero-order valence-electron chi connectivity index (χ0n) is 13.1. The number of hydrogen-bond donors (Lipinski definition) is 1. The standard InChI is InChI=1S/C18H20N2O2S/c1-2-6-16(17(21)19-11-14-8-5-10-23-14)20-12-13-7-3-4-9-15(13)18(20)22/h3-5,7-10,16H,2,6,11-12H2,1H3,(H,19,21)/t16-/m1/s1. The van der Waals surface area contributed by atoms with Crippen molar-refractivity contribution in [3.05, 3.63) is 57.8 Å². The van der Waals surface area contributed by atoms with Crippen LogP contribution >= 0.6 is 11.3 Å². The number of benzene rings is 1. The highest BCUT2D eigenvalue weighted by atomic mass is 32.1. The fraction of sp³-hybridized carbons (Fsp3) is 0.333. The van der Waals surface area contributed by atoms with Crippen LogP contribution in [0.15, 0.2) is 41.8 Å². The Morgan fingerprint density at radius 2 is 2.13 bits per heavy atom. The summed E-state index contributed by atoms with van der Waals surface area (Å²) in [6.07, 6.45) is 1.53. The van der Waals surface area contributed by atoms with Gasteiger partial charge in [0, 0.05) is 17.0 Å². The van der Waals surface area contributed by atoms with Crippen LogP contribution in [0.4, 0.5) is 0 Å². The highest BCUT2D eigenvalue weighted by Gasteiger charge is 2.35. The smallest absolute Gasteiger partial charge is 0.255 e. The first kappa shape index (κ1) is 15.7. The summed E-state index contributed by atoms with van der Waals surface area (Å²) in [5.74, 6) is -0.105. The minimum absolute atomic E-state index is 0.0367. The van der Waals surface area contributed by atoms with E-state index in [1.54, 1.807) is 16.2 Å². The Hall–Kier alpha value is -2.14. The van der Waals surface area contributed by atoms with Crippen LogP contribution in [-0.4, -0.2) is 22.8 Å². The van der Waals surface area contributed by atoms with Gasteiger partial charge in [0.2, 0.25) is 5.91 Å². The first-order chi connectivity index (χ1) is 11.2. The lowest BCUT2D eigenvalue weighted by Crippen LogP contribution is -2.46. The summed E-state index contributed by atoms with van der Waals surface area (Å²) in [6, 6.07) is 11.2. The predicted molar refractivity (Wildman–Crippen MR) is 91.2 cm³/mol. The van der Waals surface area contributed by atoms with Crippen LogP contribution in [0.5, 0.6) is 0 Å². The molecule has 5 heteroatoms. The lowest BCUT2D eigenvalue weighted by Gasteiger charge is -2.26. The Morgan fingerprint density at radius 3 is 2.83 bits per heavy atom. The number of nitrogens with zero attached hydrogens (tertiary/aromatic N) is 1. The maximum Gasteiger partial charge on any atom is 0.255 e. The van der Waals surface area contributed by atoms with Crippen LogP contribution in [0.1, 0.15) is 40.6 Å². The van der Waals surface area contributed by atoms with Crippen LogP contribution in [-0.2, 0) is 17.9 Å². The van der Waals surface area contributed by atoms with E-state index in [0.29, 0.717) is 19.5 Å². The van der Waals surface area contributed by atoms with Gasteiger partial charge in [0.05, 0.1) is 6.54 Å². The maximum absolute atomic E-state index is 12.6. The van der Waals surface area contributed by atoms with Crippen molar-refractivity contribution >= 4 is 23.2 Å². The number of nitrogens with one attached hydrogen (secondary N) is 1. The van der Waals surface area contributed by atoms with E-state index in [9.17, 15) is 9.59 Å². The van der Waals surface area contributed by atoms with Gasteiger partial charge in [0.15, 0.2) is 0 Å². The number of carbonyl (C=O) groups excluding carboxylic acids is 2. The third kappa shape index (κ3) is 3.29. The van der Waals surface area contributed by atoms with Crippen molar-refractivity contribution in [3.63, 3.8) is 0 Å². The van der Waals surface area contributed by atoms with Gasteiger partial charge >= 0.3 is 0 Å². The van der Waals surface area contributed by atoms with E-state index in [4.69, 9.17) is 0 Å². The highest BCUT2D eigenvalue weighted by molar-refractivity contribution is 7.09. The Morgan fingerprint density at radius 1 is 1.30 bits per heavy atom. The maximum atomic E-state index is 12.6. The summed E-state index contributed by atoms with van der Waals surface area (Å²) in [5.41, 5.74) is 1.73. The van der Waals surface area contributed by atoms with Crippen LogP contribution in [0, 0.1) is 0 Å². The Bertz CT molecular complexity index is 697. The minimum atomic E-state index is -0.403. The summed E-state index contributed by atoms with van der Waals surface area (Å²) < 4.78 is 0. The molecular formula is C18H20N2O2S. The number of fused-ring (bicyclic) bond motifs is 1. The summed E-state index contributed by atoms with van der Waals surface area (Å²) in [4.78, 5) is 28.0. The number of thiophene rings is 1. The first-order valence-electron chi connectivity index (χ1n) is 7.89. The van der Waals surface area contributed by atoms with Gasteiger partial charge in [0.25, 0.3) is 5.91 Å². The van der Waals surface area contributed by atoms with Gasteiger partial charge in [-0.3, -0.25) is 9.59 Å². The van der Waals surface area contributed by atoms with Gasteiger partial charge in [-0.05, 0) is 29.5 Å². The molecule has 1 aromatic heterocycles. The second-order valence-corrected chi connectivity index (χ2v) is 6.72. The molecule has 0 fully saturated rings. The summed E-state index contributed by atoms with van der Waals surface area (Å²) in [6.45, 7) is 3.07. The summed E-state index contributed by atoms with van der Waals surface area (Å²) in [7, 11) is 0. The molecule has 0 bridgehead atoms. The van der Waals surface area contributed by atoms with E-state index >= 15 is 0 Å². The summed E-state index contributed by atoms with van der Waals surface area (Å²) >= 11 is 1.62.